The molecule has 0 amide bonds. The first kappa shape index (κ1) is 7.03. The van der Waals surface area contributed by atoms with Crippen molar-refractivity contribution in [3.8, 4) is 5.69 Å². The molecule has 12 heavy (non-hydrogen) atoms. The van der Waals surface area contributed by atoms with Gasteiger partial charge in [-0.2, -0.15) is 5.10 Å². The van der Waals surface area contributed by atoms with Gasteiger partial charge in [-0.3, -0.25) is 4.98 Å². The first-order valence-electron chi connectivity index (χ1n) is 3.70. The quantitative estimate of drug-likeness (QED) is 0.627. The molecule has 2 heterocycles. The lowest BCUT2D eigenvalue weighted by molar-refractivity contribution is 0.874. The summed E-state index contributed by atoms with van der Waals surface area (Å²) in [6, 6.07) is 6.76. The predicted molar refractivity (Wildman–Crippen MR) is 44.9 cm³/mol. The molecule has 0 saturated carbocycles. The molecule has 0 aromatic carbocycles. The van der Waals surface area contributed by atoms with E-state index in [9.17, 15) is 0 Å². The summed E-state index contributed by atoms with van der Waals surface area (Å²) in [6.07, 6.45) is 5.19. The van der Waals surface area contributed by atoms with E-state index in [-0.39, 0.29) is 0 Å². The Bertz CT molecular complexity index is 365. The van der Waals surface area contributed by atoms with E-state index < -0.39 is 0 Å². The molecule has 2 aromatic heterocycles. The monoisotopic (exact) mass is 158 g/mol. The third-order valence-corrected chi connectivity index (χ3v) is 1.60. The average molecular weight is 158 g/mol. The number of nitrogens with zero attached hydrogens (tertiary/aromatic N) is 3. The van der Waals surface area contributed by atoms with Gasteiger partial charge in [-0.25, -0.2) is 4.68 Å². The van der Waals surface area contributed by atoms with Crippen molar-refractivity contribution in [2.24, 2.45) is 0 Å². The Balaban J connectivity index is 2.48. The Hall–Kier alpha value is -1.64. The fourth-order valence-electron chi connectivity index (χ4n) is 1.05. The number of aryl methyl sites for hydroxylation is 1. The number of aromatic nitrogens is 3. The average Bonchev–Trinajstić information content (AvgIpc) is 2.56. The zero-order chi connectivity index (χ0) is 8.39. The van der Waals surface area contributed by atoms with E-state index in [4.69, 9.17) is 0 Å². The molecule has 0 aliphatic carbocycles. The second-order valence-corrected chi connectivity index (χ2v) is 2.54. The summed E-state index contributed by atoms with van der Waals surface area (Å²) in [7, 11) is 0. The lowest BCUT2D eigenvalue weighted by atomic mass is 10.3. The summed E-state index contributed by atoms with van der Waals surface area (Å²) in [5.41, 5.74) is 2.01. The van der Waals surface area contributed by atoms with Gasteiger partial charge in [0.1, 0.15) is 0 Å². The van der Waals surface area contributed by atoms with Crippen molar-refractivity contribution in [1.82, 2.24) is 14.8 Å². The minimum absolute atomic E-state index is 0.989. The largest absolute Gasteiger partial charge is 0.261 e. The summed E-state index contributed by atoms with van der Waals surface area (Å²) >= 11 is 0. The Morgan fingerprint density at radius 1 is 1.50 bits per heavy atom. The molecular weight excluding hydrogens is 150 g/mol. The Kier molecular flexibility index (Phi) is 1.63. The van der Waals surface area contributed by atoms with Crippen molar-refractivity contribution in [2.45, 2.75) is 6.92 Å². The number of hydrogen-bond donors (Lipinski definition) is 0. The number of pyridine rings is 1. The van der Waals surface area contributed by atoms with Gasteiger partial charge in [0.25, 0.3) is 0 Å². The van der Waals surface area contributed by atoms with Crippen molar-refractivity contribution >= 4 is 0 Å². The van der Waals surface area contributed by atoms with Crippen LogP contribution in [0.15, 0.2) is 30.7 Å². The van der Waals surface area contributed by atoms with Gasteiger partial charge >= 0.3 is 0 Å². The van der Waals surface area contributed by atoms with Crippen LogP contribution in [0.25, 0.3) is 5.69 Å². The molecule has 3 heteroatoms. The van der Waals surface area contributed by atoms with E-state index in [0.29, 0.717) is 0 Å². The van der Waals surface area contributed by atoms with Crippen molar-refractivity contribution in [2.75, 3.05) is 0 Å². The summed E-state index contributed by atoms with van der Waals surface area (Å²) in [6.45, 7) is 1.96. The highest BCUT2D eigenvalue weighted by atomic mass is 15.3. The Morgan fingerprint density at radius 3 is 3.08 bits per heavy atom. The molecule has 3 nitrogen and oxygen atoms in total. The third-order valence-electron chi connectivity index (χ3n) is 1.60. The fourth-order valence-corrected chi connectivity index (χ4v) is 1.05. The molecule has 0 aliphatic rings. The SMILES string of the molecule is Cc1cc(-n2c[c]cn2)ccn1. The molecular formula is C9H8N3. The zero-order valence-electron chi connectivity index (χ0n) is 6.73. The van der Waals surface area contributed by atoms with Gasteiger partial charge in [0, 0.05) is 24.2 Å². The Morgan fingerprint density at radius 2 is 2.42 bits per heavy atom. The molecule has 0 spiro atoms. The molecule has 1 radical (unpaired) electrons. The van der Waals surface area contributed by atoms with Gasteiger partial charge in [-0.15, -0.1) is 0 Å². The van der Waals surface area contributed by atoms with Crippen LogP contribution in [0.4, 0.5) is 0 Å². The van der Waals surface area contributed by atoms with Crippen LogP contribution in [-0.2, 0) is 0 Å². The fraction of sp³-hybridized carbons (Fsp3) is 0.111. The molecule has 2 aromatic rings. The topological polar surface area (TPSA) is 30.7 Å². The molecule has 59 valence electrons. The van der Waals surface area contributed by atoms with Gasteiger partial charge in [0.15, 0.2) is 0 Å². The van der Waals surface area contributed by atoms with Crippen LogP contribution < -0.4 is 0 Å². The summed E-state index contributed by atoms with van der Waals surface area (Å²) in [5.74, 6) is 0. The maximum Gasteiger partial charge on any atom is 0.0679 e. The predicted octanol–water partition coefficient (Wildman–Crippen LogP) is 1.38. The van der Waals surface area contributed by atoms with Crippen LogP contribution in [0.1, 0.15) is 5.69 Å². The molecule has 0 aliphatic heterocycles. The van der Waals surface area contributed by atoms with Gasteiger partial charge in [-0.05, 0) is 19.1 Å². The normalized spacial score (nSPS) is 10.1. The zero-order valence-corrected chi connectivity index (χ0v) is 6.73. The minimum Gasteiger partial charge on any atom is -0.261 e. The highest BCUT2D eigenvalue weighted by molar-refractivity contribution is 5.30. The van der Waals surface area contributed by atoms with Crippen LogP contribution in [-0.4, -0.2) is 14.8 Å². The van der Waals surface area contributed by atoms with E-state index in [1.807, 2.05) is 19.1 Å². The third kappa shape index (κ3) is 1.21. The highest BCUT2D eigenvalue weighted by Gasteiger charge is 1.94. The van der Waals surface area contributed by atoms with Crippen LogP contribution in [0, 0.1) is 13.0 Å². The van der Waals surface area contributed by atoms with Gasteiger partial charge in [0.2, 0.25) is 0 Å². The van der Waals surface area contributed by atoms with E-state index in [1.54, 1.807) is 23.3 Å². The maximum atomic E-state index is 4.10. The minimum atomic E-state index is 0.989. The molecule has 0 bridgehead atoms. The maximum absolute atomic E-state index is 4.10. The van der Waals surface area contributed by atoms with E-state index in [2.05, 4.69) is 16.1 Å². The molecule has 0 fully saturated rings. The summed E-state index contributed by atoms with van der Waals surface area (Å²) in [4.78, 5) is 4.10. The van der Waals surface area contributed by atoms with Crippen LogP contribution in [0.5, 0.6) is 0 Å². The highest BCUT2D eigenvalue weighted by Crippen LogP contribution is 2.05. The lowest BCUT2D eigenvalue weighted by Crippen LogP contribution is -1.94. The smallest absolute Gasteiger partial charge is 0.0679 e. The van der Waals surface area contributed by atoms with Gasteiger partial charge in [0.05, 0.1) is 11.9 Å². The molecule has 0 atom stereocenters. The molecule has 0 saturated heterocycles. The lowest BCUT2D eigenvalue weighted by Gasteiger charge is -2.00. The second-order valence-electron chi connectivity index (χ2n) is 2.54. The first-order valence-corrected chi connectivity index (χ1v) is 3.70. The van der Waals surface area contributed by atoms with Gasteiger partial charge in [-0.1, -0.05) is 0 Å². The van der Waals surface area contributed by atoms with E-state index in [0.717, 1.165) is 11.4 Å². The molecule has 0 unspecified atom stereocenters. The molecule has 2 rings (SSSR count). The second kappa shape index (κ2) is 2.77. The van der Waals surface area contributed by atoms with Crippen LogP contribution in [0.3, 0.4) is 0 Å². The van der Waals surface area contributed by atoms with Crippen LogP contribution in [0.2, 0.25) is 0 Å². The summed E-state index contributed by atoms with van der Waals surface area (Å²) < 4.78 is 1.76. The summed E-state index contributed by atoms with van der Waals surface area (Å²) in [5, 5.41) is 4.06. The van der Waals surface area contributed by atoms with E-state index in [1.165, 1.54) is 0 Å². The Labute approximate surface area is 70.7 Å². The number of hydrogen-bond acceptors (Lipinski definition) is 2. The van der Waals surface area contributed by atoms with E-state index >= 15 is 0 Å². The molecule has 0 N–H and O–H groups in total. The van der Waals surface area contributed by atoms with Crippen molar-refractivity contribution in [1.29, 1.82) is 0 Å². The first-order chi connectivity index (χ1) is 5.86. The van der Waals surface area contributed by atoms with Crippen molar-refractivity contribution in [3.05, 3.63) is 42.5 Å². The number of rotatable bonds is 1. The van der Waals surface area contributed by atoms with Crippen molar-refractivity contribution < 1.29 is 0 Å². The van der Waals surface area contributed by atoms with Gasteiger partial charge < -0.3 is 0 Å². The van der Waals surface area contributed by atoms with Crippen molar-refractivity contribution in [3.63, 3.8) is 0 Å². The standard InChI is InChI=1S/C9H8N3/c1-8-7-9(3-5-10-8)12-6-2-4-11-12/h3-7H,1H3. The van der Waals surface area contributed by atoms with Crippen LogP contribution >= 0.6 is 0 Å².